The van der Waals surface area contributed by atoms with Crippen LogP contribution in [0.1, 0.15) is 193 Å². The lowest BCUT2D eigenvalue weighted by Crippen LogP contribution is -2.05. The van der Waals surface area contributed by atoms with Crippen LogP contribution in [0.5, 0.6) is 0 Å². The Morgan fingerprint density at radius 2 is 0.971 bits per heavy atom. The molecule has 1 aliphatic rings. The molecule has 0 spiro atoms. The number of ether oxygens (including phenoxy) is 1. The fourth-order valence-corrected chi connectivity index (χ4v) is 5.79. The van der Waals surface area contributed by atoms with Gasteiger partial charge < -0.3 is 4.74 Å². The summed E-state index contributed by atoms with van der Waals surface area (Å²) in [5.74, 6) is 1.08. The maximum Gasteiger partial charge on any atom is 0.305 e. The van der Waals surface area contributed by atoms with Crippen molar-refractivity contribution >= 4 is 5.97 Å². The topological polar surface area (TPSA) is 26.3 Å². The molecular weight excluding hydrogens is 428 g/mol. The minimum Gasteiger partial charge on any atom is -0.466 e. The Morgan fingerprint density at radius 3 is 1.49 bits per heavy atom. The van der Waals surface area contributed by atoms with Crippen molar-refractivity contribution in [3.8, 4) is 0 Å². The molecule has 0 radical (unpaired) electrons. The second-order valence-electron chi connectivity index (χ2n) is 11.7. The summed E-state index contributed by atoms with van der Waals surface area (Å²) < 4.78 is 5.43. The molecule has 1 rings (SSSR count). The van der Waals surface area contributed by atoms with Crippen molar-refractivity contribution in [3.63, 3.8) is 0 Å². The molecule has 0 atom stereocenters. The molecule has 2 heteroatoms. The molecule has 0 saturated heterocycles. The fourth-order valence-electron chi connectivity index (χ4n) is 5.79. The Hall–Kier alpha value is -0.530. The Kier molecular flexibility index (Phi) is 24.6. The number of hydrogen-bond acceptors (Lipinski definition) is 2. The Labute approximate surface area is 221 Å². The summed E-state index contributed by atoms with van der Waals surface area (Å²) in [6.45, 7) is 2.92. The van der Waals surface area contributed by atoms with Gasteiger partial charge in [-0.25, -0.2) is 0 Å². The average molecular weight is 493 g/mol. The molecule has 208 valence electrons. The molecule has 35 heavy (non-hydrogen) atoms. The molecule has 0 heterocycles. The van der Waals surface area contributed by atoms with Crippen LogP contribution in [0.15, 0.2) is 0 Å². The van der Waals surface area contributed by atoms with E-state index < -0.39 is 0 Å². The van der Waals surface area contributed by atoms with E-state index in [1.807, 2.05) is 0 Å². The number of unbranched alkanes of at least 4 members (excludes halogenated alkanes) is 20. The van der Waals surface area contributed by atoms with Crippen LogP contribution in [0, 0.1) is 5.92 Å². The lowest BCUT2D eigenvalue weighted by molar-refractivity contribution is -0.143. The molecule has 1 aliphatic carbocycles. The van der Waals surface area contributed by atoms with Crippen LogP contribution >= 0.6 is 0 Å². The second kappa shape index (κ2) is 26.5. The summed E-state index contributed by atoms with van der Waals surface area (Å²) in [6, 6.07) is 0. The van der Waals surface area contributed by atoms with E-state index in [-0.39, 0.29) is 5.97 Å². The first-order chi connectivity index (χ1) is 17.3. The van der Waals surface area contributed by atoms with Gasteiger partial charge in [-0.1, -0.05) is 174 Å². The monoisotopic (exact) mass is 492 g/mol. The molecule has 0 bridgehead atoms. The first-order valence-electron chi connectivity index (χ1n) is 16.5. The van der Waals surface area contributed by atoms with Gasteiger partial charge in [0.25, 0.3) is 0 Å². The number of rotatable bonds is 26. The zero-order valence-electron chi connectivity index (χ0n) is 24.1. The molecule has 1 saturated carbocycles. The maximum atomic E-state index is 11.9. The Morgan fingerprint density at radius 1 is 0.543 bits per heavy atom. The molecule has 2 nitrogen and oxygen atoms in total. The third-order valence-electron chi connectivity index (χ3n) is 8.23. The summed E-state index contributed by atoms with van der Waals surface area (Å²) in [5.41, 5.74) is 0. The van der Waals surface area contributed by atoms with Crippen molar-refractivity contribution in [2.45, 2.75) is 193 Å². The number of carbonyl (C=O) groups is 1. The highest BCUT2D eigenvalue weighted by molar-refractivity contribution is 5.69. The third kappa shape index (κ3) is 23.6. The van der Waals surface area contributed by atoms with Gasteiger partial charge in [0.05, 0.1) is 6.61 Å². The molecule has 0 aliphatic heterocycles. The van der Waals surface area contributed by atoms with Crippen LogP contribution in [0.4, 0.5) is 0 Å². The van der Waals surface area contributed by atoms with Gasteiger partial charge in [-0.15, -0.1) is 0 Å². The van der Waals surface area contributed by atoms with Crippen molar-refractivity contribution < 1.29 is 9.53 Å². The minimum absolute atomic E-state index is 0.0300. The standard InChI is InChI=1S/C33H64O2/c1-2-3-4-5-6-7-8-9-10-11-14-17-20-26-31-35-33(34)30-25-19-16-13-12-15-18-22-27-32-28-23-21-24-29-32/h32H,2-31H2,1H3. The van der Waals surface area contributed by atoms with E-state index in [0.717, 1.165) is 18.8 Å². The van der Waals surface area contributed by atoms with Crippen molar-refractivity contribution in [1.29, 1.82) is 0 Å². The van der Waals surface area contributed by atoms with E-state index in [2.05, 4.69) is 6.92 Å². The van der Waals surface area contributed by atoms with Crippen molar-refractivity contribution in [2.24, 2.45) is 5.92 Å². The predicted molar refractivity (Wildman–Crippen MR) is 154 cm³/mol. The van der Waals surface area contributed by atoms with E-state index >= 15 is 0 Å². The van der Waals surface area contributed by atoms with Crippen LogP contribution < -0.4 is 0 Å². The third-order valence-corrected chi connectivity index (χ3v) is 8.23. The van der Waals surface area contributed by atoms with Crippen LogP contribution in [-0.4, -0.2) is 12.6 Å². The molecule has 0 aromatic heterocycles. The highest BCUT2D eigenvalue weighted by Gasteiger charge is 2.12. The van der Waals surface area contributed by atoms with E-state index in [1.54, 1.807) is 0 Å². The van der Waals surface area contributed by atoms with Crippen LogP contribution in [0.3, 0.4) is 0 Å². The van der Waals surface area contributed by atoms with Crippen LogP contribution in [0.2, 0.25) is 0 Å². The largest absolute Gasteiger partial charge is 0.466 e. The van der Waals surface area contributed by atoms with Crippen molar-refractivity contribution in [2.75, 3.05) is 6.61 Å². The first kappa shape index (κ1) is 32.5. The van der Waals surface area contributed by atoms with Gasteiger partial charge in [0, 0.05) is 6.42 Å². The average Bonchev–Trinajstić information content (AvgIpc) is 2.88. The Balaban J connectivity index is 1.69. The van der Waals surface area contributed by atoms with Crippen LogP contribution in [0.25, 0.3) is 0 Å². The molecule has 0 unspecified atom stereocenters. The molecule has 0 aromatic carbocycles. The molecular formula is C33H64O2. The summed E-state index contributed by atoms with van der Waals surface area (Å²) in [5, 5.41) is 0. The van der Waals surface area contributed by atoms with E-state index in [4.69, 9.17) is 4.74 Å². The number of carbonyl (C=O) groups excluding carboxylic acids is 1. The van der Waals surface area contributed by atoms with Gasteiger partial charge >= 0.3 is 5.97 Å². The van der Waals surface area contributed by atoms with Gasteiger partial charge in [0.2, 0.25) is 0 Å². The number of hydrogen-bond donors (Lipinski definition) is 0. The molecule has 0 aromatic rings. The molecule has 1 fully saturated rings. The maximum absolute atomic E-state index is 11.9. The lowest BCUT2D eigenvalue weighted by atomic mass is 9.85. The molecule has 0 N–H and O–H groups in total. The summed E-state index contributed by atoms with van der Waals surface area (Å²) in [6.07, 6.45) is 39.2. The zero-order valence-corrected chi connectivity index (χ0v) is 24.1. The predicted octanol–water partition coefficient (Wildman–Crippen LogP) is 11.5. The second-order valence-corrected chi connectivity index (χ2v) is 11.7. The summed E-state index contributed by atoms with van der Waals surface area (Å²) >= 11 is 0. The quantitative estimate of drug-likeness (QED) is 0.0886. The normalized spacial score (nSPS) is 14.4. The zero-order chi connectivity index (χ0) is 25.1. The van der Waals surface area contributed by atoms with Gasteiger partial charge in [0.1, 0.15) is 0 Å². The van der Waals surface area contributed by atoms with Gasteiger partial charge in [-0.2, -0.15) is 0 Å². The van der Waals surface area contributed by atoms with E-state index in [0.29, 0.717) is 13.0 Å². The van der Waals surface area contributed by atoms with Crippen molar-refractivity contribution in [3.05, 3.63) is 0 Å². The van der Waals surface area contributed by atoms with E-state index in [9.17, 15) is 4.79 Å². The van der Waals surface area contributed by atoms with E-state index in [1.165, 1.54) is 167 Å². The van der Waals surface area contributed by atoms with Gasteiger partial charge in [-0.05, 0) is 18.8 Å². The highest BCUT2D eigenvalue weighted by atomic mass is 16.5. The smallest absolute Gasteiger partial charge is 0.305 e. The van der Waals surface area contributed by atoms with Crippen molar-refractivity contribution in [1.82, 2.24) is 0 Å². The van der Waals surface area contributed by atoms with Gasteiger partial charge in [0.15, 0.2) is 0 Å². The lowest BCUT2D eigenvalue weighted by Gasteiger charge is -2.21. The summed E-state index contributed by atoms with van der Waals surface area (Å²) in [4.78, 5) is 11.9. The van der Waals surface area contributed by atoms with Gasteiger partial charge in [-0.3, -0.25) is 4.79 Å². The Bertz CT molecular complexity index is 427. The molecule has 0 amide bonds. The SMILES string of the molecule is CCCCCCCCCCCCCCCCOC(=O)CCCCCCCCCCC1CCCCC1. The fraction of sp³-hybridized carbons (Fsp3) is 0.970. The van der Waals surface area contributed by atoms with Crippen LogP contribution in [-0.2, 0) is 9.53 Å². The summed E-state index contributed by atoms with van der Waals surface area (Å²) in [7, 11) is 0. The highest BCUT2D eigenvalue weighted by Crippen LogP contribution is 2.28. The minimum atomic E-state index is 0.0300. The number of esters is 1. The first-order valence-corrected chi connectivity index (χ1v) is 16.5.